The van der Waals surface area contributed by atoms with Crippen molar-refractivity contribution in [3.8, 4) is 0 Å². The lowest BCUT2D eigenvalue weighted by atomic mass is 9.90. The highest BCUT2D eigenvalue weighted by atomic mass is 79.9. The summed E-state index contributed by atoms with van der Waals surface area (Å²) in [5.74, 6) is 0. The Morgan fingerprint density at radius 3 is 2.46 bits per heavy atom. The van der Waals surface area contributed by atoms with Crippen molar-refractivity contribution in [2.45, 2.75) is 44.9 Å². The molecule has 3 rings (SSSR count). The molecule has 1 aromatic rings. The molecule has 130 valence electrons. The Hall–Kier alpha value is -0.850. The van der Waals surface area contributed by atoms with E-state index in [1.807, 2.05) is 31.7 Å². The van der Waals surface area contributed by atoms with Gasteiger partial charge in [-0.05, 0) is 56.5 Å². The van der Waals surface area contributed by atoms with E-state index in [9.17, 15) is 4.79 Å². The van der Waals surface area contributed by atoms with E-state index in [-0.39, 0.29) is 18.2 Å². The Balaban J connectivity index is 1.88. The lowest BCUT2D eigenvalue weighted by molar-refractivity contribution is -0.0510. The van der Waals surface area contributed by atoms with Gasteiger partial charge in [-0.15, -0.1) is 0 Å². The fourth-order valence-corrected chi connectivity index (χ4v) is 4.44. The third-order valence-corrected chi connectivity index (χ3v) is 4.95. The van der Waals surface area contributed by atoms with Crippen molar-refractivity contribution in [3.63, 3.8) is 0 Å². The van der Waals surface area contributed by atoms with Crippen LogP contribution in [0.15, 0.2) is 33.2 Å². The summed E-state index contributed by atoms with van der Waals surface area (Å²) < 4.78 is 13.3. The quantitative estimate of drug-likeness (QED) is 0.594. The van der Waals surface area contributed by atoms with Gasteiger partial charge in [-0.1, -0.05) is 37.9 Å². The van der Waals surface area contributed by atoms with Gasteiger partial charge in [0.25, 0.3) is 0 Å². The van der Waals surface area contributed by atoms with Gasteiger partial charge in [0.05, 0.1) is 25.3 Å². The van der Waals surface area contributed by atoms with Gasteiger partial charge in [0.1, 0.15) is 5.60 Å². The van der Waals surface area contributed by atoms with Gasteiger partial charge < -0.3 is 9.47 Å². The van der Waals surface area contributed by atoms with Gasteiger partial charge in [-0.25, -0.2) is 4.79 Å². The van der Waals surface area contributed by atoms with E-state index in [1.165, 1.54) is 5.57 Å². The van der Waals surface area contributed by atoms with Gasteiger partial charge in [0.15, 0.2) is 0 Å². The predicted octanol–water partition coefficient (Wildman–Crippen LogP) is 5.00. The molecule has 2 aliphatic heterocycles. The van der Waals surface area contributed by atoms with E-state index in [4.69, 9.17) is 9.47 Å². The van der Waals surface area contributed by atoms with Gasteiger partial charge in [0.2, 0.25) is 0 Å². The zero-order valence-corrected chi connectivity index (χ0v) is 17.2. The van der Waals surface area contributed by atoms with E-state index < -0.39 is 5.60 Å². The summed E-state index contributed by atoms with van der Waals surface area (Å²) in [6.45, 7) is 6.72. The molecule has 0 saturated carbocycles. The van der Waals surface area contributed by atoms with Crippen LogP contribution in [0.25, 0.3) is 5.57 Å². The molecule has 2 aliphatic rings. The molecule has 0 N–H and O–H groups in total. The number of halogens is 2. The van der Waals surface area contributed by atoms with Crippen molar-refractivity contribution >= 4 is 43.5 Å². The maximum Gasteiger partial charge on any atom is 0.411 e. The van der Waals surface area contributed by atoms with Crippen LogP contribution in [-0.4, -0.2) is 41.9 Å². The molecular formula is C18H21Br2NO3. The molecule has 0 aliphatic carbocycles. The minimum absolute atomic E-state index is 0.0105. The number of hydrogen-bond acceptors (Lipinski definition) is 3. The Kier molecular flexibility index (Phi) is 5.09. The van der Waals surface area contributed by atoms with Crippen LogP contribution in [0.4, 0.5) is 4.79 Å². The maximum absolute atomic E-state index is 12.6. The number of carbonyl (C=O) groups excluding carboxylic acids is 1. The Morgan fingerprint density at radius 1 is 1.21 bits per heavy atom. The molecule has 1 amide bonds. The van der Waals surface area contributed by atoms with E-state index in [2.05, 4.69) is 50.1 Å². The number of hydrogen-bond donors (Lipinski definition) is 0. The van der Waals surface area contributed by atoms with Gasteiger partial charge in [0, 0.05) is 8.95 Å². The summed E-state index contributed by atoms with van der Waals surface area (Å²) in [5.41, 5.74) is 1.91. The first-order chi connectivity index (χ1) is 11.2. The number of carbonyl (C=O) groups is 1. The van der Waals surface area contributed by atoms with E-state index >= 15 is 0 Å². The molecule has 2 unspecified atom stereocenters. The SMILES string of the molecule is CC(C)(C)OC(=O)N1C2C=C(c3cc(Br)cc(Br)c3)CC1COC2. The average Bonchev–Trinajstić information content (AvgIpc) is 2.42. The second kappa shape index (κ2) is 6.81. The molecule has 0 aromatic heterocycles. The highest BCUT2D eigenvalue weighted by Crippen LogP contribution is 2.35. The van der Waals surface area contributed by atoms with Crippen molar-refractivity contribution in [1.29, 1.82) is 0 Å². The molecule has 6 heteroatoms. The summed E-state index contributed by atoms with van der Waals surface area (Å²) in [7, 11) is 0. The van der Waals surface area contributed by atoms with Crippen molar-refractivity contribution in [1.82, 2.24) is 4.90 Å². The van der Waals surface area contributed by atoms with Crippen molar-refractivity contribution in [2.24, 2.45) is 0 Å². The lowest BCUT2D eigenvalue weighted by Gasteiger charge is -2.44. The second-order valence-electron chi connectivity index (χ2n) is 7.20. The Labute approximate surface area is 159 Å². The first-order valence-electron chi connectivity index (χ1n) is 7.99. The van der Waals surface area contributed by atoms with Crippen LogP contribution in [0, 0.1) is 0 Å². The van der Waals surface area contributed by atoms with Crippen LogP contribution in [0.3, 0.4) is 0 Å². The predicted molar refractivity (Wildman–Crippen MR) is 101 cm³/mol. The van der Waals surface area contributed by atoms with E-state index in [0.29, 0.717) is 13.2 Å². The highest BCUT2D eigenvalue weighted by molar-refractivity contribution is 9.11. The van der Waals surface area contributed by atoms with Crippen LogP contribution in [-0.2, 0) is 9.47 Å². The molecule has 1 fully saturated rings. The number of fused-ring (bicyclic) bond motifs is 2. The van der Waals surface area contributed by atoms with Crippen molar-refractivity contribution < 1.29 is 14.3 Å². The van der Waals surface area contributed by atoms with Gasteiger partial charge in [-0.3, -0.25) is 4.90 Å². The van der Waals surface area contributed by atoms with E-state index in [0.717, 1.165) is 20.9 Å². The van der Waals surface area contributed by atoms with Gasteiger partial charge in [-0.2, -0.15) is 0 Å². The largest absolute Gasteiger partial charge is 0.444 e. The normalized spacial score (nSPS) is 23.7. The summed E-state index contributed by atoms with van der Waals surface area (Å²) in [5, 5.41) is 0. The second-order valence-corrected chi connectivity index (χ2v) is 9.03. The van der Waals surface area contributed by atoms with Crippen molar-refractivity contribution in [3.05, 3.63) is 38.8 Å². The number of rotatable bonds is 1. The molecule has 2 bridgehead atoms. The lowest BCUT2D eigenvalue weighted by Crippen LogP contribution is -2.57. The number of amides is 1. The molecule has 0 spiro atoms. The third kappa shape index (κ3) is 4.03. The molecule has 1 aromatic carbocycles. The molecule has 24 heavy (non-hydrogen) atoms. The summed E-state index contributed by atoms with van der Waals surface area (Å²) in [6, 6.07) is 6.16. The summed E-state index contributed by atoms with van der Waals surface area (Å²) >= 11 is 7.09. The maximum atomic E-state index is 12.6. The van der Waals surface area contributed by atoms with Crippen LogP contribution >= 0.6 is 31.9 Å². The number of nitrogens with zero attached hydrogens (tertiary/aromatic N) is 1. The molecule has 2 atom stereocenters. The summed E-state index contributed by atoms with van der Waals surface area (Å²) in [4.78, 5) is 14.4. The Bertz CT molecular complexity index is 661. The van der Waals surface area contributed by atoms with Crippen LogP contribution in [0.2, 0.25) is 0 Å². The third-order valence-electron chi connectivity index (χ3n) is 4.04. The first-order valence-corrected chi connectivity index (χ1v) is 9.58. The van der Waals surface area contributed by atoms with Crippen molar-refractivity contribution in [2.75, 3.05) is 13.2 Å². The number of morpholine rings is 1. The molecule has 2 heterocycles. The van der Waals surface area contributed by atoms with Gasteiger partial charge >= 0.3 is 6.09 Å². The molecular weight excluding hydrogens is 438 g/mol. The van der Waals surface area contributed by atoms with Crippen LogP contribution < -0.4 is 0 Å². The zero-order chi connectivity index (χ0) is 17.5. The summed E-state index contributed by atoms with van der Waals surface area (Å²) in [6.07, 6.45) is 2.64. The minimum atomic E-state index is -0.495. The number of benzene rings is 1. The molecule has 4 nitrogen and oxygen atoms in total. The smallest absolute Gasteiger partial charge is 0.411 e. The van der Waals surface area contributed by atoms with Crippen LogP contribution in [0.1, 0.15) is 32.8 Å². The monoisotopic (exact) mass is 457 g/mol. The highest BCUT2D eigenvalue weighted by Gasteiger charge is 2.40. The fraction of sp³-hybridized carbons (Fsp3) is 0.500. The molecule has 0 radical (unpaired) electrons. The average molecular weight is 459 g/mol. The number of ether oxygens (including phenoxy) is 2. The van der Waals surface area contributed by atoms with E-state index in [1.54, 1.807) is 0 Å². The standard InChI is InChI=1S/C18H21Br2NO3/c1-18(2,3)24-17(22)21-15-6-12(7-16(21)10-23-9-15)11-4-13(19)8-14(20)5-11/h4-6,8,15-16H,7,9-10H2,1-3H3. The zero-order valence-electron chi connectivity index (χ0n) is 14.0. The fourth-order valence-electron chi connectivity index (χ4n) is 3.15. The topological polar surface area (TPSA) is 38.8 Å². The molecule has 1 saturated heterocycles. The minimum Gasteiger partial charge on any atom is -0.444 e. The first kappa shape index (κ1) is 18.0. The Morgan fingerprint density at radius 2 is 1.88 bits per heavy atom. The van der Waals surface area contributed by atoms with Crippen LogP contribution in [0.5, 0.6) is 0 Å².